The first-order valence-electron chi connectivity index (χ1n) is 4.24. The number of likely N-dealkylation sites (N-methyl/N-ethyl adjacent to an activating group) is 1. The van der Waals surface area contributed by atoms with Crippen molar-refractivity contribution in [3.63, 3.8) is 0 Å². The van der Waals surface area contributed by atoms with Gasteiger partial charge in [-0.3, -0.25) is 0 Å². The van der Waals surface area contributed by atoms with E-state index in [0.29, 0.717) is 0 Å². The molecule has 0 spiro atoms. The highest BCUT2D eigenvalue weighted by molar-refractivity contribution is 4.70. The lowest BCUT2D eigenvalue weighted by molar-refractivity contribution is -0.898. The summed E-state index contributed by atoms with van der Waals surface area (Å²) in [5.74, 6) is 0. The van der Waals surface area contributed by atoms with Gasteiger partial charge < -0.3 is 28.5 Å². The molecule has 0 fully saturated rings. The first-order valence-corrected chi connectivity index (χ1v) is 4.24. The lowest BCUT2D eigenvalue weighted by atomic mass is 10.3. The fraction of sp³-hybridized carbons (Fsp3) is 0.600. The lowest BCUT2D eigenvalue weighted by Crippen LogP contribution is -3.00. The van der Waals surface area contributed by atoms with E-state index < -0.39 is 0 Å². The zero-order valence-electron chi connectivity index (χ0n) is 8.22. The normalized spacial score (nSPS) is 10.2. The highest BCUT2D eigenvalue weighted by atomic mass is 127. The number of rotatable bonds is 6. The first kappa shape index (κ1) is 14.7. The molecule has 72 valence electrons. The molecular weight excluding hydrogens is 261 g/mol. The zero-order valence-corrected chi connectivity index (χ0v) is 10.4. The van der Waals surface area contributed by atoms with E-state index in [1.165, 1.54) is 13.0 Å². The van der Waals surface area contributed by atoms with Gasteiger partial charge in [0.15, 0.2) is 0 Å². The summed E-state index contributed by atoms with van der Waals surface area (Å²) in [5.41, 5.74) is 0. The van der Waals surface area contributed by atoms with Crippen molar-refractivity contribution < 1.29 is 28.5 Å². The van der Waals surface area contributed by atoms with Gasteiger partial charge in [0.05, 0.1) is 26.7 Å². The molecule has 0 heterocycles. The standard InChI is InChI=1S/C10H20N.HI/c1-5-8-11(4,9-6-2)10-7-3;/h5-6H,1-2,7-10H2,3-4H3;1H/q+1;/p-1. The second-order valence-electron chi connectivity index (χ2n) is 3.29. The monoisotopic (exact) mass is 281 g/mol. The molecule has 0 atom stereocenters. The SMILES string of the molecule is C=CC[N+](C)(CC=C)CCC.[I-]. The average molecular weight is 281 g/mol. The topological polar surface area (TPSA) is 0 Å². The minimum atomic E-state index is 0. The van der Waals surface area contributed by atoms with Gasteiger partial charge in [-0.25, -0.2) is 0 Å². The molecule has 0 rings (SSSR count). The van der Waals surface area contributed by atoms with Crippen molar-refractivity contribution in [2.75, 3.05) is 26.7 Å². The third kappa shape index (κ3) is 5.77. The first-order chi connectivity index (χ1) is 5.18. The number of quaternary nitrogens is 1. The highest BCUT2D eigenvalue weighted by Crippen LogP contribution is 2.03. The van der Waals surface area contributed by atoms with Crippen molar-refractivity contribution in [3.05, 3.63) is 25.3 Å². The third-order valence-electron chi connectivity index (χ3n) is 1.90. The Bertz CT molecular complexity index is 122. The fourth-order valence-corrected chi connectivity index (χ4v) is 1.42. The van der Waals surface area contributed by atoms with Gasteiger partial charge in [0.2, 0.25) is 0 Å². The molecule has 0 radical (unpaired) electrons. The molecule has 12 heavy (non-hydrogen) atoms. The number of halogens is 1. The Labute approximate surface area is 93.8 Å². The van der Waals surface area contributed by atoms with Crippen LogP contribution in [0, 0.1) is 0 Å². The second-order valence-corrected chi connectivity index (χ2v) is 3.29. The molecule has 2 heteroatoms. The summed E-state index contributed by atoms with van der Waals surface area (Å²) in [4.78, 5) is 0. The van der Waals surface area contributed by atoms with Gasteiger partial charge in [0, 0.05) is 0 Å². The fourth-order valence-electron chi connectivity index (χ4n) is 1.42. The van der Waals surface area contributed by atoms with E-state index in [4.69, 9.17) is 0 Å². The molecule has 0 aliphatic rings. The zero-order chi connectivity index (χ0) is 8.74. The molecule has 1 nitrogen and oxygen atoms in total. The van der Waals surface area contributed by atoms with Crippen LogP contribution in [-0.4, -0.2) is 31.2 Å². The van der Waals surface area contributed by atoms with Crippen molar-refractivity contribution >= 4 is 0 Å². The number of hydrogen-bond acceptors (Lipinski definition) is 0. The Morgan fingerprint density at radius 3 is 1.83 bits per heavy atom. The van der Waals surface area contributed by atoms with Crippen molar-refractivity contribution in [2.45, 2.75) is 13.3 Å². The van der Waals surface area contributed by atoms with Crippen molar-refractivity contribution in [1.82, 2.24) is 0 Å². The van der Waals surface area contributed by atoms with Crippen LogP contribution in [0.3, 0.4) is 0 Å². The summed E-state index contributed by atoms with van der Waals surface area (Å²) in [7, 11) is 2.24. The maximum absolute atomic E-state index is 3.76. The van der Waals surface area contributed by atoms with Crippen LogP contribution in [0.4, 0.5) is 0 Å². The van der Waals surface area contributed by atoms with E-state index >= 15 is 0 Å². The minimum absolute atomic E-state index is 0. The maximum atomic E-state index is 3.76. The van der Waals surface area contributed by atoms with Gasteiger partial charge in [0.1, 0.15) is 0 Å². The Morgan fingerprint density at radius 1 is 1.17 bits per heavy atom. The van der Waals surface area contributed by atoms with Crippen molar-refractivity contribution in [1.29, 1.82) is 0 Å². The quantitative estimate of drug-likeness (QED) is 0.340. The summed E-state index contributed by atoms with van der Waals surface area (Å²) in [5, 5.41) is 0. The van der Waals surface area contributed by atoms with Crippen LogP contribution in [0.5, 0.6) is 0 Å². The molecule has 0 aliphatic carbocycles. The molecule has 0 N–H and O–H groups in total. The summed E-state index contributed by atoms with van der Waals surface area (Å²) in [6.45, 7) is 13.0. The summed E-state index contributed by atoms with van der Waals surface area (Å²) in [6, 6.07) is 0. The van der Waals surface area contributed by atoms with Gasteiger partial charge in [-0.1, -0.05) is 20.1 Å². The predicted octanol–water partition coefficient (Wildman–Crippen LogP) is -0.781. The Hall–Kier alpha value is 0.170. The largest absolute Gasteiger partial charge is 1.00 e. The molecule has 0 aromatic carbocycles. The number of nitrogens with zero attached hydrogens (tertiary/aromatic N) is 1. The van der Waals surface area contributed by atoms with Crippen LogP contribution in [0.1, 0.15) is 13.3 Å². The summed E-state index contributed by atoms with van der Waals surface area (Å²) in [6.07, 6.45) is 5.19. The second kappa shape index (κ2) is 7.80. The molecule has 0 aromatic heterocycles. The highest BCUT2D eigenvalue weighted by Gasteiger charge is 2.15. The molecule has 0 saturated carbocycles. The minimum Gasteiger partial charge on any atom is -1.00 e. The summed E-state index contributed by atoms with van der Waals surface area (Å²) >= 11 is 0. The van der Waals surface area contributed by atoms with Gasteiger partial charge in [-0.2, -0.15) is 0 Å². The smallest absolute Gasteiger partial charge is 0.0971 e. The molecule has 0 saturated heterocycles. The van der Waals surface area contributed by atoms with Crippen LogP contribution < -0.4 is 24.0 Å². The van der Waals surface area contributed by atoms with E-state index in [2.05, 4.69) is 27.1 Å². The van der Waals surface area contributed by atoms with Crippen LogP contribution >= 0.6 is 0 Å². The van der Waals surface area contributed by atoms with Crippen molar-refractivity contribution in [3.8, 4) is 0 Å². The van der Waals surface area contributed by atoms with Crippen LogP contribution in [0.2, 0.25) is 0 Å². The van der Waals surface area contributed by atoms with Gasteiger partial charge in [0.25, 0.3) is 0 Å². The molecule has 0 amide bonds. The maximum Gasteiger partial charge on any atom is 0.0971 e. The molecular formula is C10H20IN. The van der Waals surface area contributed by atoms with Crippen LogP contribution in [0.25, 0.3) is 0 Å². The van der Waals surface area contributed by atoms with E-state index in [1.807, 2.05) is 12.2 Å². The van der Waals surface area contributed by atoms with E-state index in [-0.39, 0.29) is 24.0 Å². The molecule has 0 bridgehead atoms. The van der Waals surface area contributed by atoms with Crippen LogP contribution in [-0.2, 0) is 0 Å². The van der Waals surface area contributed by atoms with E-state index in [9.17, 15) is 0 Å². The summed E-state index contributed by atoms with van der Waals surface area (Å²) < 4.78 is 1.05. The Kier molecular flexibility index (Phi) is 9.54. The molecule has 0 aliphatic heterocycles. The number of hydrogen-bond donors (Lipinski definition) is 0. The Morgan fingerprint density at radius 2 is 1.58 bits per heavy atom. The van der Waals surface area contributed by atoms with E-state index in [1.54, 1.807) is 0 Å². The molecule has 0 unspecified atom stereocenters. The van der Waals surface area contributed by atoms with Gasteiger partial charge >= 0.3 is 0 Å². The van der Waals surface area contributed by atoms with Gasteiger partial charge in [-0.15, -0.1) is 0 Å². The van der Waals surface area contributed by atoms with E-state index in [0.717, 1.165) is 17.6 Å². The molecule has 0 aromatic rings. The van der Waals surface area contributed by atoms with Crippen LogP contribution in [0.15, 0.2) is 25.3 Å². The Balaban J connectivity index is 0. The van der Waals surface area contributed by atoms with Gasteiger partial charge in [-0.05, 0) is 18.6 Å². The predicted molar refractivity (Wildman–Crippen MR) is 51.5 cm³/mol. The third-order valence-corrected chi connectivity index (χ3v) is 1.90. The lowest BCUT2D eigenvalue weighted by Gasteiger charge is -2.31. The average Bonchev–Trinajstić information content (AvgIpc) is 1.88. The van der Waals surface area contributed by atoms with Crippen molar-refractivity contribution in [2.24, 2.45) is 0 Å².